The lowest BCUT2D eigenvalue weighted by Gasteiger charge is -2.43. The van der Waals surface area contributed by atoms with Crippen LogP contribution in [0, 0.1) is 10.1 Å². The van der Waals surface area contributed by atoms with Crippen molar-refractivity contribution in [3.05, 3.63) is 33.9 Å². The monoisotopic (exact) mass is 499 g/mol. The molecule has 0 aliphatic carbocycles. The van der Waals surface area contributed by atoms with Gasteiger partial charge in [0.25, 0.3) is 0 Å². The number of aliphatic hydroxyl groups is 1. The first-order valence-corrected chi connectivity index (χ1v) is 10.3. The minimum atomic E-state index is -1.65. The standard InChI is InChI=1S/C21H25NO13/c1-10(24)31-18-16(8-17(27)30-4)35-21(20(33-12(3)26)19(18)32-11(2)25)34-15-6-5-13(9-23)7-14(15)22(28)29/h5-7,16,18-21,23H,8-9H2,1-4H3/t16?,18-,19+,20?,21-/m1/s1. The Kier molecular flexibility index (Phi) is 9.48. The SMILES string of the molecule is COC(=O)CC1O[C@@H](Oc2ccc(CO)cc2[N+](=O)[O-])C(OC(C)=O)[C@@H](OC(C)=O)[C@@H]1OC(C)=O. The molecule has 1 saturated heterocycles. The van der Waals surface area contributed by atoms with E-state index in [1.807, 2.05) is 0 Å². The fourth-order valence-electron chi connectivity index (χ4n) is 3.39. The average Bonchev–Trinajstić information content (AvgIpc) is 2.77. The molecule has 2 unspecified atom stereocenters. The van der Waals surface area contributed by atoms with E-state index < -0.39 is 78.2 Å². The van der Waals surface area contributed by atoms with Crippen molar-refractivity contribution in [3.8, 4) is 5.75 Å². The van der Waals surface area contributed by atoms with Crippen LogP contribution in [0.5, 0.6) is 5.75 Å². The maximum atomic E-state index is 12.0. The summed E-state index contributed by atoms with van der Waals surface area (Å²) in [6.45, 7) is 2.68. The summed E-state index contributed by atoms with van der Waals surface area (Å²) in [6.07, 6.45) is -7.96. The summed E-state index contributed by atoms with van der Waals surface area (Å²) >= 11 is 0. The average molecular weight is 499 g/mol. The molecule has 1 heterocycles. The van der Waals surface area contributed by atoms with Gasteiger partial charge in [0.2, 0.25) is 12.4 Å². The van der Waals surface area contributed by atoms with Crippen molar-refractivity contribution in [2.45, 2.75) is 64.5 Å². The normalized spacial score (nSPS) is 23.5. The predicted molar refractivity (Wildman–Crippen MR) is 112 cm³/mol. The molecule has 1 aromatic rings. The molecule has 14 heteroatoms. The van der Waals surface area contributed by atoms with Crippen LogP contribution in [0.4, 0.5) is 5.69 Å². The third-order valence-electron chi connectivity index (χ3n) is 4.74. The highest BCUT2D eigenvalue weighted by atomic mass is 16.7. The summed E-state index contributed by atoms with van der Waals surface area (Å²) in [5.41, 5.74) is -0.321. The zero-order valence-electron chi connectivity index (χ0n) is 19.3. The zero-order chi connectivity index (χ0) is 26.3. The molecule has 0 radical (unpaired) electrons. The molecule has 192 valence electrons. The second-order valence-corrected chi connectivity index (χ2v) is 7.38. The van der Waals surface area contributed by atoms with Crippen LogP contribution in [0.3, 0.4) is 0 Å². The van der Waals surface area contributed by atoms with Crippen LogP contribution in [-0.2, 0) is 49.5 Å². The van der Waals surface area contributed by atoms with Gasteiger partial charge < -0.3 is 33.5 Å². The quantitative estimate of drug-likeness (QED) is 0.215. The van der Waals surface area contributed by atoms with E-state index in [2.05, 4.69) is 4.74 Å². The molecule has 1 fully saturated rings. The lowest BCUT2D eigenvalue weighted by molar-refractivity contribution is -0.387. The molecule has 2 rings (SSSR count). The number of hydrogen-bond donors (Lipinski definition) is 1. The van der Waals surface area contributed by atoms with E-state index in [-0.39, 0.29) is 11.3 Å². The van der Waals surface area contributed by atoms with Crippen molar-refractivity contribution < 1.29 is 57.6 Å². The number of nitro groups is 1. The van der Waals surface area contributed by atoms with Crippen LogP contribution >= 0.6 is 0 Å². The van der Waals surface area contributed by atoms with Gasteiger partial charge in [-0.3, -0.25) is 29.3 Å². The van der Waals surface area contributed by atoms with E-state index in [4.69, 9.17) is 23.7 Å². The molecule has 1 aromatic carbocycles. The molecular weight excluding hydrogens is 474 g/mol. The number of esters is 4. The van der Waals surface area contributed by atoms with E-state index in [1.165, 1.54) is 12.1 Å². The molecule has 1 aliphatic heterocycles. The molecule has 0 aromatic heterocycles. The number of carbonyl (C=O) groups is 4. The molecule has 0 saturated carbocycles. The Labute approximate surface area is 199 Å². The van der Waals surface area contributed by atoms with Crippen molar-refractivity contribution in [1.82, 2.24) is 0 Å². The van der Waals surface area contributed by atoms with Gasteiger partial charge in [-0.05, 0) is 11.6 Å². The predicted octanol–water partition coefficient (Wildman–Crippen LogP) is 0.549. The van der Waals surface area contributed by atoms with Crippen LogP contribution < -0.4 is 4.74 Å². The highest BCUT2D eigenvalue weighted by Crippen LogP contribution is 2.35. The molecule has 0 bridgehead atoms. The number of hydrogen-bond acceptors (Lipinski definition) is 13. The molecule has 1 aliphatic rings. The summed E-state index contributed by atoms with van der Waals surface area (Å²) in [5.74, 6) is -3.64. The van der Waals surface area contributed by atoms with Crippen LogP contribution in [0.15, 0.2) is 18.2 Å². The van der Waals surface area contributed by atoms with Crippen molar-refractivity contribution in [1.29, 1.82) is 0 Å². The number of nitro benzene ring substituents is 1. The van der Waals surface area contributed by atoms with Gasteiger partial charge in [-0.15, -0.1) is 0 Å². The lowest BCUT2D eigenvalue weighted by atomic mass is 9.95. The maximum absolute atomic E-state index is 12.0. The van der Waals surface area contributed by atoms with Crippen molar-refractivity contribution in [3.63, 3.8) is 0 Å². The minimum Gasteiger partial charge on any atom is -0.469 e. The number of aliphatic hydroxyl groups excluding tert-OH is 1. The second-order valence-electron chi connectivity index (χ2n) is 7.38. The largest absolute Gasteiger partial charge is 0.469 e. The number of carbonyl (C=O) groups excluding carboxylic acids is 4. The smallest absolute Gasteiger partial charge is 0.311 e. The number of nitrogens with zero attached hydrogens (tertiary/aromatic N) is 1. The fourth-order valence-corrected chi connectivity index (χ4v) is 3.39. The summed E-state index contributed by atoms with van der Waals surface area (Å²) in [5, 5.41) is 20.8. The highest BCUT2D eigenvalue weighted by molar-refractivity contribution is 5.71. The third kappa shape index (κ3) is 7.35. The number of benzene rings is 1. The Bertz CT molecular complexity index is 978. The van der Waals surface area contributed by atoms with Crippen LogP contribution in [0.25, 0.3) is 0 Å². The van der Waals surface area contributed by atoms with E-state index in [0.29, 0.717) is 0 Å². The van der Waals surface area contributed by atoms with E-state index >= 15 is 0 Å². The van der Waals surface area contributed by atoms with Gasteiger partial charge in [0.15, 0.2) is 18.0 Å². The summed E-state index contributed by atoms with van der Waals surface area (Å²) in [7, 11) is 1.11. The molecule has 5 atom stereocenters. The Hall–Kier alpha value is -3.78. The van der Waals surface area contributed by atoms with Crippen molar-refractivity contribution in [2.24, 2.45) is 0 Å². The number of methoxy groups -OCH3 is 1. The highest BCUT2D eigenvalue weighted by Gasteiger charge is 2.53. The van der Waals surface area contributed by atoms with E-state index in [9.17, 15) is 34.4 Å². The number of rotatable bonds is 9. The van der Waals surface area contributed by atoms with Gasteiger partial charge in [-0.2, -0.15) is 0 Å². The molecule has 0 spiro atoms. The van der Waals surface area contributed by atoms with Gasteiger partial charge in [-0.25, -0.2) is 0 Å². The van der Waals surface area contributed by atoms with Crippen molar-refractivity contribution in [2.75, 3.05) is 7.11 Å². The summed E-state index contributed by atoms with van der Waals surface area (Å²) < 4.78 is 31.8. The maximum Gasteiger partial charge on any atom is 0.311 e. The van der Waals surface area contributed by atoms with Gasteiger partial charge >= 0.3 is 29.6 Å². The summed E-state index contributed by atoms with van der Waals surface area (Å²) in [6, 6.07) is 3.60. The third-order valence-corrected chi connectivity index (χ3v) is 4.74. The van der Waals surface area contributed by atoms with E-state index in [0.717, 1.165) is 33.9 Å². The van der Waals surface area contributed by atoms with Gasteiger partial charge in [0.1, 0.15) is 6.10 Å². The molecule has 35 heavy (non-hydrogen) atoms. The topological polar surface area (TPSA) is 187 Å². The summed E-state index contributed by atoms with van der Waals surface area (Å²) in [4.78, 5) is 58.2. The molecule has 14 nitrogen and oxygen atoms in total. The lowest BCUT2D eigenvalue weighted by Crippen LogP contribution is -2.63. The Morgan fingerprint density at radius 2 is 1.57 bits per heavy atom. The first-order valence-electron chi connectivity index (χ1n) is 10.3. The number of ether oxygens (including phenoxy) is 6. The Balaban J connectivity index is 2.57. The van der Waals surface area contributed by atoms with Crippen LogP contribution in [0.1, 0.15) is 32.8 Å². The second kappa shape index (κ2) is 12.1. The van der Waals surface area contributed by atoms with Crippen LogP contribution in [-0.4, -0.2) is 71.7 Å². The van der Waals surface area contributed by atoms with Crippen molar-refractivity contribution >= 4 is 29.6 Å². The molecule has 0 amide bonds. The molecular formula is C21H25NO13. The van der Waals surface area contributed by atoms with Gasteiger partial charge in [0, 0.05) is 26.8 Å². The zero-order valence-corrected chi connectivity index (χ0v) is 19.3. The molecule has 1 N–H and O–H groups in total. The Morgan fingerprint density at radius 3 is 2.09 bits per heavy atom. The fraction of sp³-hybridized carbons (Fsp3) is 0.524. The van der Waals surface area contributed by atoms with E-state index in [1.54, 1.807) is 0 Å². The Morgan fingerprint density at radius 1 is 1.00 bits per heavy atom. The van der Waals surface area contributed by atoms with Gasteiger partial charge in [0.05, 0.1) is 25.1 Å². The van der Waals surface area contributed by atoms with Crippen LogP contribution in [0.2, 0.25) is 0 Å². The first kappa shape index (κ1) is 27.5. The first-order chi connectivity index (χ1) is 16.5. The van der Waals surface area contributed by atoms with Gasteiger partial charge in [-0.1, -0.05) is 6.07 Å². The minimum absolute atomic E-state index is 0.224.